The van der Waals surface area contributed by atoms with Gasteiger partial charge < -0.3 is 31.3 Å². The van der Waals surface area contributed by atoms with Crippen molar-refractivity contribution in [2.75, 3.05) is 55.4 Å². The summed E-state index contributed by atoms with van der Waals surface area (Å²) in [7, 11) is 0. The van der Waals surface area contributed by atoms with E-state index in [2.05, 4.69) is 16.0 Å². The fourth-order valence-electron chi connectivity index (χ4n) is 1.78. The van der Waals surface area contributed by atoms with E-state index in [4.69, 9.17) is 15.3 Å². The van der Waals surface area contributed by atoms with Gasteiger partial charge in [0.25, 0.3) is 0 Å². The predicted octanol–water partition coefficient (Wildman–Crippen LogP) is -0.193. The molecule has 6 N–H and O–H groups in total. The molecule has 0 heterocycles. The predicted molar refractivity (Wildman–Crippen MR) is 79.8 cm³/mol. The van der Waals surface area contributed by atoms with E-state index < -0.39 is 4.92 Å². The summed E-state index contributed by atoms with van der Waals surface area (Å²) >= 11 is 0. The van der Waals surface area contributed by atoms with Crippen molar-refractivity contribution in [3.63, 3.8) is 0 Å². The maximum Gasteiger partial charge on any atom is 0.315 e. The lowest BCUT2D eigenvalue weighted by Gasteiger charge is -2.14. The number of nitro groups is 1. The number of nitrogens with zero attached hydrogens (tertiary/aromatic N) is 1. The molecule has 0 radical (unpaired) electrons. The molecule has 1 aromatic rings. The Bertz CT molecular complexity index is 440. The van der Waals surface area contributed by atoms with Crippen molar-refractivity contribution in [2.45, 2.75) is 0 Å². The molecule has 0 bridgehead atoms. The average Bonchev–Trinajstić information content (AvgIpc) is 2.47. The van der Waals surface area contributed by atoms with Crippen molar-refractivity contribution in [2.24, 2.45) is 0 Å². The second-order valence-electron chi connectivity index (χ2n) is 4.13. The number of rotatable bonds is 10. The van der Waals surface area contributed by atoms with Gasteiger partial charge in [0.15, 0.2) is 0 Å². The van der Waals surface area contributed by atoms with Crippen LogP contribution in [0.1, 0.15) is 0 Å². The van der Waals surface area contributed by atoms with Crippen LogP contribution in [0.25, 0.3) is 0 Å². The van der Waals surface area contributed by atoms with E-state index in [1.807, 2.05) is 0 Å². The van der Waals surface area contributed by atoms with Crippen molar-refractivity contribution >= 4 is 22.7 Å². The van der Waals surface area contributed by atoms with Gasteiger partial charge in [-0.3, -0.25) is 10.1 Å². The molecule has 0 aromatic heterocycles. The molecule has 0 saturated carbocycles. The van der Waals surface area contributed by atoms with E-state index in [1.54, 1.807) is 0 Å². The van der Waals surface area contributed by atoms with E-state index in [9.17, 15) is 10.1 Å². The van der Waals surface area contributed by atoms with Gasteiger partial charge >= 0.3 is 5.69 Å². The number of aliphatic hydroxyl groups is 3. The molecule has 1 rings (SSSR count). The molecule has 0 amide bonds. The molecular weight excluding hydrogens is 280 g/mol. The van der Waals surface area contributed by atoms with Gasteiger partial charge in [0.1, 0.15) is 11.4 Å². The molecule has 1 aromatic carbocycles. The minimum Gasteiger partial charge on any atom is -0.395 e. The zero-order valence-electron chi connectivity index (χ0n) is 11.5. The number of hydrogen-bond donors (Lipinski definition) is 6. The van der Waals surface area contributed by atoms with Gasteiger partial charge in [-0.2, -0.15) is 0 Å². The Balaban J connectivity index is 3.17. The lowest BCUT2D eigenvalue weighted by atomic mass is 10.2. The number of nitro benzene ring substituents is 1. The second kappa shape index (κ2) is 8.95. The zero-order valence-corrected chi connectivity index (χ0v) is 11.5. The number of anilines is 3. The van der Waals surface area contributed by atoms with Crippen molar-refractivity contribution in [1.82, 2.24) is 0 Å². The summed E-state index contributed by atoms with van der Waals surface area (Å²) in [6.07, 6.45) is 0. The van der Waals surface area contributed by atoms with Crippen LogP contribution in [-0.2, 0) is 0 Å². The first-order valence-corrected chi connectivity index (χ1v) is 6.50. The van der Waals surface area contributed by atoms with Gasteiger partial charge in [-0.1, -0.05) is 0 Å². The third kappa shape index (κ3) is 5.06. The van der Waals surface area contributed by atoms with Crippen LogP contribution in [-0.4, -0.2) is 59.7 Å². The molecule has 9 nitrogen and oxygen atoms in total. The monoisotopic (exact) mass is 300 g/mol. The van der Waals surface area contributed by atoms with Crippen molar-refractivity contribution in [3.8, 4) is 0 Å². The molecule has 9 heteroatoms. The summed E-state index contributed by atoms with van der Waals surface area (Å²) < 4.78 is 0. The third-order valence-electron chi connectivity index (χ3n) is 2.59. The quantitative estimate of drug-likeness (QED) is 0.258. The Kier molecular flexibility index (Phi) is 7.23. The van der Waals surface area contributed by atoms with Crippen LogP contribution in [0.5, 0.6) is 0 Å². The highest BCUT2D eigenvalue weighted by molar-refractivity contribution is 5.81. The van der Waals surface area contributed by atoms with Crippen LogP contribution in [0, 0.1) is 10.1 Å². The molecule has 0 spiro atoms. The van der Waals surface area contributed by atoms with Crippen LogP contribution in [0.4, 0.5) is 22.7 Å². The number of nitrogens with one attached hydrogen (secondary N) is 3. The summed E-state index contributed by atoms with van der Waals surface area (Å²) in [5.41, 5.74) is 0.914. The standard InChI is InChI=1S/C12H20N4O5/c17-4-1-13-9-7-10(14-2-5-18)12(16(20)21)11(8-9)15-3-6-19/h7-8,13-15,17-19H,1-6H2. The van der Waals surface area contributed by atoms with Crippen molar-refractivity contribution in [3.05, 3.63) is 22.2 Å². The van der Waals surface area contributed by atoms with E-state index >= 15 is 0 Å². The van der Waals surface area contributed by atoms with Crippen LogP contribution < -0.4 is 16.0 Å². The lowest BCUT2D eigenvalue weighted by Crippen LogP contribution is -2.13. The topological polar surface area (TPSA) is 140 Å². The van der Waals surface area contributed by atoms with Gasteiger partial charge in [0, 0.05) is 25.3 Å². The fourth-order valence-corrected chi connectivity index (χ4v) is 1.78. The molecule has 0 fully saturated rings. The summed E-state index contributed by atoms with van der Waals surface area (Å²) in [6, 6.07) is 3.07. The first kappa shape index (κ1) is 17.0. The highest BCUT2D eigenvalue weighted by Crippen LogP contribution is 2.36. The SMILES string of the molecule is O=[N+]([O-])c1c(NCCO)cc(NCCO)cc1NCCO. The maximum atomic E-state index is 11.2. The van der Waals surface area contributed by atoms with E-state index in [0.717, 1.165) is 0 Å². The van der Waals surface area contributed by atoms with Gasteiger partial charge in [-0.15, -0.1) is 0 Å². The van der Waals surface area contributed by atoms with E-state index in [0.29, 0.717) is 12.2 Å². The van der Waals surface area contributed by atoms with Gasteiger partial charge in [-0.25, -0.2) is 0 Å². The molecule has 0 saturated heterocycles. The molecular formula is C12H20N4O5. The minimum atomic E-state index is -0.533. The van der Waals surface area contributed by atoms with E-state index in [-0.39, 0.29) is 50.0 Å². The molecule has 0 unspecified atom stereocenters. The Hall–Kier alpha value is -2.10. The normalized spacial score (nSPS) is 10.2. The summed E-state index contributed by atoms with van der Waals surface area (Å²) in [6.45, 7) is 0.246. The third-order valence-corrected chi connectivity index (χ3v) is 2.59. The van der Waals surface area contributed by atoms with Crippen molar-refractivity contribution in [1.29, 1.82) is 0 Å². The molecule has 0 aliphatic rings. The number of aliphatic hydroxyl groups excluding tert-OH is 3. The first-order chi connectivity index (χ1) is 10.1. The Labute approximate surface area is 121 Å². The van der Waals surface area contributed by atoms with Gasteiger partial charge in [0.2, 0.25) is 0 Å². The molecule has 0 aliphatic heterocycles. The summed E-state index contributed by atoms with van der Waals surface area (Å²) in [5.74, 6) is 0. The molecule has 0 aliphatic carbocycles. The molecule has 118 valence electrons. The summed E-state index contributed by atoms with van der Waals surface area (Å²) in [5, 5.41) is 46.2. The van der Waals surface area contributed by atoms with Crippen LogP contribution in [0.15, 0.2) is 12.1 Å². The Morgan fingerprint density at radius 2 is 1.33 bits per heavy atom. The molecule has 21 heavy (non-hydrogen) atoms. The average molecular weight is 300 g/mol. The van der Waals surface area contributed by atoms with Crippen LogP contribution in [0.2, 0.25) is 0 Å². The highest BCUT2D eigenvalue weighted by Gasteiger charge is 2.21. The smallest absolute Gasteiger partial charge is 0.315 e. The van der Waals surface area contributed by atoms with Crippen LogP contribution in [0.3, 0.4) is 0 Å². The Morgan fingerprint density at radius 3 is 1.71 bits per heavy atom. The largest absolute Gasteiger partial charge is 0.395 e. The van der Waals surface area contributed by atoms with E-state index in [1.165, 1.54) is 12.1 Å². The fraction of sp³-hybridized carbons (Fsp3) is 0.500. The second-order valence-corrected chi connectivity index (χ2v) is 4.13. The summed E-state index contributed by atoms with van der Waals surface area (Å²) in [4.78, 5) is 10.7. The van der Waals surface area contributed by atoms with Crippen LogP contribution >= 0.6 is 0 Å². The minimum absolute atomic E-state index is 0.0736. The van der Waals surface area contributed by atoms with Gasteiger partial charge in [-0.05, 0) is 12.1 Å². The Morgan fingerprint density at radius 1 is 0.905 bits per heavy atom. The number of benzene rings is 1. The highest BCUT2D eigenvalue weighted by atomic mass is 16.6. The van der Waals surface area contributed by atoms with Gasteiger partial charge in [0.05, 0.1) is 24.7 Å². The number of hydrogen-bond acceptors (Lipinski definition) is 8. The molecule has 0 atom stereocenters. The van der Waals surface area contributed by atoms with Crippen molar-refractivity contribution < 1.29 is 20.2 Å². The first-order valence-electron chi connectivity index (χ1n) is 6.50. The lowest BCUT2D eigenvalue weighted by molar-refractivity contribution is -0.383. The zero-order chi connectivity index (χ0) is 15.7. The maximum absolute atomic E-state index is 11.2.